The third-order valence-corrected chi connectivity index (χ3v) is 7.14. The highest BCUT2D eigenvalue weighted by molar-refractivity contribution is 6.02. The van der Waals surface area contributed by atoms with Gasteiger partial charge in [0.1, 0.15) is 0 Å². The molecule has 0 aliphatic carbocycles. The van der Waals surface area contributed by atoms with Gasteiger partial charge < -0.3 is 20.3 Å². The van der Waals surface area contributed by atoms with Crippen LogP contribution in [0.4, 0.5) is 11.4 Å². The van der Waals surface area contributed by atoms with E-state index in [0.29, 0.717) is 30.1 Å². The third-order valence-electron chi connectivity index (χ3n) is 7.14. The van der Waals surface area contributed by atoms with Crippen LogP contribution in [0, 0.1) is 5.92 Å². The molecule has 194 valence electrons. The largest absolute Gasteiger partial charge is 0.379 e. The average molecular weight is 493 g/mol. The standard InChI is InChI=1S/C29H40N4O3/c1-2-6-28(34)31-25-9-10-27(26(22-25)29(35)30-13-16-32-17-19-36-20-18-32)33-14-11-24(12-15-33)21-23-7-4-3-5-8-23/h3-5,7-10,22,24H,2,6,11-21H2,1H3,(H,30,35)(H,31,34). The van der Waals surface area contributed by atoms with E-state index < -0.39 is 0 Å². The molecular weight excluding hydrogens is 452 g/mol. The highest BCUT2D eigenvalue weighted by Gasteiger charge is 2.24. The Morgan fingerprint density at radius 3 is 2.47 bits per heavy atom. The molecule has 0 aromatic heterocycles. The quantitative estimate of drug-likeness (QED) is 0.526. The maximum atomic E-state index is 13.3. The minimum absolute atomic E-state index is 0.0225. The van der Waals surface area contributed by atoms with Gasteiger partial charge in [0.25, 0.3) is 5.91 Å². The first kappa shape index (κ1) is 26.2. The van der Waals surface area contributed by atoms with Crippen molar-refractivity contribution in [3.8, 4) is 0 Å². The molecule has 2 aliphatic heterocycles. The van der Waals surface area contributed by atoms with E-state index in [-0.39, 0.29) is 11.8 Å². The summed E-state index contributed by atoms with van der Waals surface area (Å²) in [5.41, 5.74) is 3.65. The molecule has 2 aliphatic rings. The number of ether oxygens (including phenoxy) is 1. The van der Waals surface area contributed by atoms with Gasteiger partial charge in [-0.15, -0.1) is 0 Å². The van der Waals surface area contributed by atoms with Gasteiger partial charge in [-0.05, 0) is 55.4 Å². The predicted octanol–water partition coefficient (Wildman–Crippen LogP) is 3.95. The van der Waals surface area contributed by atoms with Crippen molar-refractivity contribution in [2.75, 3.05) is 62.7 Å². The lowest BCUT2D eigenvalue weighted by atomic mass is 9.89. The number of amides is 2. The van der Waals surface area contributed by atoms with Crippen LogP contribution in [0.25, 0.3) is 0 Å². The maximum Gasteiger partial charge on any atom is 0.253 e. The first-order chi connectivity index (χ1) is 17.6. The molecule has 4 rings (SSSR count). The number of carbonyl (C=O) groups is 2. The van der Waals surface area contributed by atoms with Crippen LogP contribution in [-0.4, -0.2) is 69.2 Å². The van der Waals surface area contributed by atoms with Gasteiger partial charge in [-0.3, -0.25) is 14.5 Å². The summed E-state index contributed by atoms with van der Waals surface area (Å²) in [4.78, 5) is 30.1. The average Bonchev–Trinajstić information content (AvgIpc) is 2.90. The van der Waals surface area contributed by atoms with Crippen LogP contribution in [0.5, 0.6) is 0 Å². The first-order valence-electron chi connectivity index (χ1n) is 13.4. The summed E-state index contributed by atoms with van der Waals surface area (Å²) in [5.74, 6) is 0.545. The van der Waals surface area contributed by atoms with E-state index >= 15 is 0 Å². The van der Waals surface area contributed by atoms with Crippen LogP contribution in [-0.2, 0) is 16.0 Å². The number of anilines is 2. The van der Waals surface area contributed by atoms with Gasteiger partial charge in [0.15, 0.2) is 0 Å². The fraction of sp³-hybridized carbons (Fsp3) is 0.517. The number of hydrogen-bond donors (Lipinski definition) is 2. The minimum Gasteiger partial charge on any atom is -0.379 e. The van der Waals surface area contributed by atoms with Crippen molar-refractivity contribution in [1.82, 2.24) is 10.2 Å². The van der Waals surface area contributed by atoms with E-state index in [1.807, 2.05) is 25.1 Å². The molecule has 36 heavy (non-hydrogen) atoms. The van der Waals surface area contributed by atoms with E-state index in [1.165, 1.54) is 5.56 Å². The van der Waals surface area contributed by atoms with Gasteiger partial charge >= 0.3 is 0 Å². The number of morpholine rings is 1. The molecule has 0 unspecified atom stereocenters. The zero-order valence-electron chi connectivity index (χ0n) is 21.5. The van der Waals surface area contributed by atoms with Crippen molar-refractivity contribution in [3.05, 3.63) is 59.7 Å². The van der Waals surface area contributed by atoms with Gasteiger partial charge in [-0.25, -0.2) is 0 Å². The van der Waals surface area contributed by atoms with Crippen LogP contribution in [0.15, 0.2) is 48.5 Å². The van der Waals surface area contributed by atoms with Crippen molar-refractivity contribution in [3.63, 3.8) is 0 Å². The Hall–Kier alpha value is -2.90. The summed E-state index contributed by atoms with van der Waals surface area (Å²) in [6, 6.07) is 16.4. The fourth-order valence-corrected chi connectivity index (χ4v) is 5.09. The first-order valence-corrected chi connectivity index (χ1v) is 13.4. The predicted molar refractivity (Wildman–Crippen MR) is 145 cm³/mol. The molecule has 2 aromatic rings. The van der Waals surface area contributed by atoms with Crippen LogP contribution >= 0.6 is 0 Å². The summed E-state index contributed by atoms with van der Waals surface area (Å²) in [6.07, 6.45) is 4.56. The van der Waals surface area contributed by atoms with Crippen molar-refractivity contribution in [1.29, 1.82) is 0 Å². The third kappa shape index (κ3) is 7.55. The number of nitrogens with one attached hydrogen (secondary N) is 2. The highest BCUT2D eigenvalue weighted by Crippen LogP contribution is 2.30. The van der Waals surface area contributed by atoms with Crippen molar-refractivity contribution in [2.24, 2.45) is 5.92 Å². The molecule has 2 amide bonds. The van der Waals surface area contributed by atoms with E-state index in [2.05, 4.69) is 50.8 Å². The van der Waals surface area contributed by atoms with Crippen LogP contribution in [0.2, 0.25) is 0 Å². The Kier molecular flexibility index (Phi) is 9.76. The maximum absolute atomic E-state index is 13.3. The second-order valence-corrected chi connectivity index (χ2v) is 9.86. The van der Waals surface area contributed by atoms with Crippen molar-refractivity contribution < 1.29 is 14.3 Å². The molecule has 0 spiro atoms. The summed E-state index contributed by atoms with van der Waals surface area (Å²) >= 11 is 0. The zero-order chi connectivity index (χ0) is 25.2. The fourth-order valence-electron chi connectivity index (χ4n) is 5.09. The number of piperidine rings is 1. The zero-order valence-corrected chi connectivity index (χ0v) is 21.5. The molecule has 2 heterocycles. The summed E-state index contributed by atoms with van der Waals surface area (Å²) in [5, 5.41) is 6.06. The number of benzene rings is 2. The van der Waals surface area contributed by atoms with Crippen LogP contribution in [0.1, 0.15) is 48.5 Å². The summed E-state index contributed by atoms with van der Waals surface area (Å²) in [7, 11) is 0. The Bertz CT molecular complexity index is 983. The van der Waals surface area contributed by atoms with E-state index in [1.54, 1.807) is 0 Å². The molecule has 2 saturated heterocycles. The molecule has 2 N–H and O–H groups in total. The number of rotatable bonds is 10. The van der Waals surface area contributed by atoms with Crippen molar-refractivity contribution in [2.45, 2.75) is 39.0 Å². The molecular formula is C29H40N4O3. The van der Waals surface area contributed by atoms with Gasteiger partial charge in [0.2, 0.25) is 5.91 Å². The van der Waals surface area contributed by atoms with E-state index in [9.17, 15) is 9.59 Å². The molecule has 2 aromatic carbocycles. The number of carbonyl (C=O) groups excluding carboxylic acids is 2. The topological polar surface area (TPSA) is 73.9 Å². The van der Waals surface area contributed by atoms with Gasteiger partial charge in [-0.2, -0.15) is 0 Å². The SMILES string of the molecule is CCCC(=O)Nc1ccc(N2CCC(Cc3ccccc3)CC2)c(C(=O)NCCN2CCOCC2)c1. The Morgan fingerprint density at radius 1 is 1.00 bits per heavy atom. The lowest BCUT2D eigenvalue weighted by molar-refractivity contribution is -0.116. The molecule has 0 bridgehead atoms. The molecule has 7 nitrogen and oxygen atoms in total. The van der Waals surface area contributed by atoms with Crippen LogP contribution < -0.4 is 15.5 Å². The minimum atomic E-state index is -0.0868. The summed E-state index contributed by atoms with van der Waals surface area (Å²) in [6.45, 7) is 8.52. The Morgan fingerprint density at radius 2 is 1.75 bits per heavy atom. The highest BCUT2D eigenvalue weighted by atomic mass is 16.5. The second kappa shape index (κ2) is 13.4. The number of hydrogen-bond acceptors (Lipinski definition) is 5. The second-order valence-electron chi connectivity index (χ2n) is 9.86. The van der Waals surface area contributed by atoms with Gasteiger partial charge in [0, 0.05) is 57.1 Å². The van der Waals surface area contributed by atoms with Gasteiger partial charge in [-0.1, -0.05) is 37.3 Å². The smallest absolute Gasteiger partial charge is 0.253 e. The monoisotopic (exact) mass is 492 g/mol. The molecule has 0 atom stereocenters. The van der Waals surface area contributed by atoms with Crippen molar-refractivity contribution >= 4 is 23.2 Å². The van der Waals surface area contributed by atoms with E-state index in [0.717, 1.165) is 77.3 Å². The Labute approximate surface area is 215 Å². The lowest BCUT2D eigenvalue weighted by Gasteiger charge is -2.35. The summed E-state index contributed by atoms with van der Waals surface area (Å²) < 4.78 is 5.41. The lowest BCUT2D eigenvalue weighted by Crippen LogP contribution is -2.41. The molecule has 0 radical (unpaired) electrons. The number of nitrogens with zero attached hydrogens (tertiary/aromatic N) is 2. The normalized spacial score (nSPS) is 17.1. The van der Waals surface area contributed by atoms with Crippen LogP contribution in [0.3, 0.4) is 0 Å². The molecule has 2 fully saturated rings. The van der Waals surface area contributed by atoms with Gasteiger partial charge in [0.05, 0.1) is 18.8 Å². The Balaban J connectivity index is 1.41. The van der Waals surface area contributed by atoms with E-state index in [4.69, 9.17) is 4.74 Å². The molecule has 7 heteroatoms. The molecule has 0 saturated carbocycles.